The molecule has 1 atom stereocenters. The zero-order chi connectivity index (χ0) is 25.2. The summed E-state index contributed by atoms with van der Waals surface area (Å²) < 4.78 is 21.2. The highest BCUT2D eigenvalue weighted by atomic mass is 16.7. The Kier molecular flexibility index (Phi) is 6.25. The van der Waals surface area contributed by atoms with Gasteiger partial charge in [-0.05, 0) is 60.0 Å². The summed E-state index contributed by atoms with van der Waals surface area (Å²) in [6.45, 7) is 0.368. The average Bonchev–Trinajstić information content (AvgIpc) is 3.49. The Hall–Kier alpha value is -4.46. The molecule has 2 aliphatic heterocycles. The van der Waals surface area contributed by atoms with Crippen molar-refractivity contribution in [2.75, 3.05) is 27.6 Å². The van der Waals surface area contributed by atoms with Crippen molar-refractivity contribution in [2.24, 2.45) is 0 Å². The van der Waals surface area contributed by atoms with Crippen molar-refractivity contribution in [3.63, 3.8) is 0 Å². The van der Waals surface area contributed by atoms with Crippen LogP contribution in [0.3, 0.4) is 0 Å². The Morgan fingerprint density at radius 2 is 1.56 bits per heavy atom. The van der Waals surface area contributed by atoms with Crippen molar-refractivity contribution in [3.8, 4) is 23.0 Å². The first-order valence-electron chi connectivity index (χ1n) is 11.5. The standard InChI is InChI=1S/C28H25NO7/c1-33-20-8-3-17(4-9-20)13-14-29-25(18-5-10-21(34-2)11-6-18)24(27(31)28(29)32)26(30)19-7-12-22-23(15-19)36-16-35-22/h3-12,15,25,30H,13-14,16H2,1-2H3/b26-24-. The van der Waals surface area contributed by atoms with E-state index >= 15 is 0 Å². The lowest BCUT2D eigenvalue weighted by atomic mass is 9.95. The molecule has 184 valence electrons. The van der Waals surface area contributed by atoms with E-state index in [0.29, 0.717) is 34.8 Å². The van der Waals surface area contributed by atoms with E-state index in [1.165, 1.54) is 4.90 Å². The van der Waals surface area contributed by atoms with Crippen LogP contribution in [0.4, 0.5) is 0 Å². The Morgan fingerprint density at radius 3 is 2.22 bits per heavy atom. The van der Waals surface area contributed by atoms with Gasteiger partial charge in [0.25, 0.3) is 11.7 Å². The van der Waals surface area contributed by atoms with Crippen LogP contribution < -0.4 is 18.9 Å². The number of hydrogen-bond acceptors (Lipinski definition) is 7. The maximum absolute atomic E-state index is 13.3. The number of likely N-dealkylation sites (tertiary alicyclic amines) is 1. The third kappa shape index (κ3) is 4.22. The first-order chi connectivity index (χ1) is 17.5. The van der Waals surface area contributed by atoms with Gasteiger partial charge >= 0.3 is 0 Å². The Balaban J connectivity index is 1.53. The Bertz CT molecular complexity index is 1330. The van der Waals surface area contributed by atoms with Crippen LogP contribution in [0.2, 0.25) is 0 Å². The Morgan fingerprint density at radius 1 is 0.917 bits per heavy atom. The summed E-state index contributed by atoms with van der Waals surface area (Å²) in [6, 6.07) is 18.8. The highest BCUT2D eigenvalue weighted by molar-refractivity contribution is 6.46. The first-order valence-corrected chi connectivity index (χ1v) is 11.5. The molecule has 1 amide bonds. The second kappa shape index (κ2) is 9.65. The minimum atomic E-state index is -0.764. The lowest BCUT2D eigenvalue weighted by molar-refractivity contribution is -0.139. The summed E-state index contributed by atoms with van der Waals surface area (Å²) in [6.07, 6.45) is 0.522. The van der Waals surface area contributed by atoms with E-state index in [4.69, 9.17) is 18.9 Å². The van der Waals surface area contributed by atoms with Crippen molar-refractivity contribution in [1.82, 2.24) is 4.90 Å². The topological polar surface area (TPSA) is 94.5 Å². The van der Waals surface area contributed by atoms with Crippen molar-refractivity contribution in [1.29, 1.82) is 0 Å². The molecule has 36 heavy (non-hydrogen) atoms. The fourth-order valence-electron chi connectivity index (χ4n) is 4.48. The molecular weight excluding hydrogens is 462 g/mol. The van der Waals surface area contributed by atoms with Gasteiger partial charge in [0.05, 0.1) is 25.8 Å². The quantitative estimate of drug-likeness (QED) is 0.305. The summed E-state index contributed by atoms with van der Waals surface area (Å²) in [5.74, 6) is 0.740. The molecule has 1 N–H and O–H groups in total. The number of carbonyl (C=O) groups excluding carboxylic acids is 2. The maximum Gasteiger partial charge on any atom is 0.295 e. The van der Waals surface area contributed by atoms with Crippen molar-refractivity contribution < 1.29 is 33.6 Å². The van der Waals surface area contributed by atoms with Crippen LogP contribution in [0.1, 0.15) is 22.7 Å². The second-order valence-corrected chi connectivity index (χ2v) is 8.43. The van der Waals surface area contributed by atoms with Crippen LogP contribution in [0.25, 0.3) is 5.76 Å². The lowest BCUT2D eigenvalue weighted by Gasteiger charge is -2.25. The molecule has 0 aromatic heterocycles. The summed E-state index contributed by atoms with van der Waals surface area (Å²) in [5, 5.41) is 11.3. The van der Waals surface area contributed by atoms with E-state index in [9.17, 15) is 14.7 Å². The monoisotopic (exact) mass is 487 g/mol. The molecule has 2 heterocycles. The zero-order valence-corrected chi connectivity index (χ0v) is 19.9. The number of amides is 1. The number of benzene rings is 3. The van der Waals surface area contributed by atoms with E-state index in [-0.39, 0.29) is 24.7 Å². The third-order valence-electron chi connectivity index (χ3n) is 6.42. The molecule has 8 nitrogen and oxygen atoms in total. The van der Waals surface area contributed by atoms with Gasteiger partial charge in [-0.15, -0.1) is 0 Å². The number of Topliss-reactive ketones (excluding diaryl/α,β-unsaturated/α-hetero) is 1. The van der Waals surface area contributed by atoms with Crippen LogP contribution in [0, 0.1) is 0 Å². The fraction of sp³-hybridized carbons (Fsp3) is 0.214. The normalized spacial score (nSPS) is 17.9. The molecule has 3 aromatic rings. The number of aliphatic hydroxyl groups is 1. The second-order valence-electron chi connectivity index (χ2n) is 8.43. The molecule has 2 aliphatic rings. The molecule has 0 bridgehead atoms. The summed E-state index contributed by atoms with van der Waals surface area (Å²) in [4.78, 5) is 28.0. The van der Waals surface area contributed by atoms with Gasteiger partial charge in [-0.1, -0.05) is 24.3 Å². The third-order valence-corrected chi connectivity index (χ3v) is 6.42. The summed E-state index contributed by atoms with van der Waals surface area (Å²) in [7, 11) is 3.17. The molecule has 5 rings (SSSR count). The molecule has 8 heteroatoms. The number of ether oxygens (including phenoxy) is 4. The van der Waals surface area contributed by atoms with Gasteiger partial charge in [-0.2, -0.15) is 0 Å². The first kappa shape index (κ1) is 23.3. The van der Waals surface area contributed by atoms with Crippen molar-refractivity contribution in [2.45, 2.75) is 12.5 Å². The van der Waals surface area contributed by atoms with Crippen molar-refractivity contribution >= 4 is 17.4 Å². The van der Waals surface area contributed by atoms with Crippen LogP contribution in [0.5, 0.6) is 23.0 Å². The SMILES string of the molecule is COc1ccc(CCN2C(=O)C(=O)/C(=C(\O)c3ccc4c(c3)OCO4)C2c2ccc(OC)cc2)cc1. The van der Waals surface area contributed by atoms with E-state index in [1.54, 1.807) is 56.7 Å². The number of ketones is 1. The van der Waals surface area contributed by atoms with Crippen LogP contribution in [-0.4, -0.2) is 49.3 Å². The highest BCUT2D eigenvalue weighted by Gasteiger charge is 2.46. The van der Waals surface area contributed by atoms with Gasteiger partial charge in [0.15, 0.2) is 11.5 Å². The minimum absolute atomic E-state index is 0.0266. The number of nitrogens with zero attached hydrogens (tertiary/aromatic N) is 1. The minimum Gasteiger partial charge on any atom is -0.507 e. The van der Waals surface area contributed by atoms with E-state index in [2.05, 4.69) is 0 Å². The molecular formula is C28H25NO7. The molecule has 0 spiro atoms. The average molecular weight is 488 g/mol. The molecule has 1 fully saturated rings. The fourth-order valence-corrected chi connectivity index (χ4v) is 4.48. The van der Waals surface area contributed by atoms with Crippen LogP contribution in [-0.2, 0) is 16.0 Å². The largest absolute Gasteiger partial charge is 0.507 e. The van der Waals surface area contributed by atoms with Gasteiger partial charge in [-0.3, -0.25) is 9.59 Å². The number of rotatable bonds is 7. The van der Waals surface area contributed by atoms with Gasteiger partial charge in [0, 0.05) is 12.1 Å². The number of carbonyl (C=O) groups is 2. The number of aliphatic hydroxyl groups excluding tert-OH is 1. The van der Waals surface area contributed by atoms with Gasteiger partial charge in [0.1, 0.15) is 17.3 Å². The highest BCUT2D eigenvalue weighted by Crippen LogP contribution is 2.41. The zero-order valence-electron chi connectivity index (χ0n) is 19.9. The lowest BCUT2D eigenvalue weighted by Crippen LogP contribution is -2.31. The van der Waals surface area contributed by atoms with Gasteiger partial charge in [-0.25, -0.2) is 0 Å². The van der Waals surface area contributed by atoms with Crippen LogP contribution in [0.15, 0.2) is 72.3 Å². The molecule has 0 aliphatic carbocycles. The van der Waals surface area contributed by atoms with Gasteiger partial charge in [0.2, 0.25) is 6.79 Å². The number of hydrogen-bond donors (Lipinski definition) is 1. The predicted octanol–water partition coefficient (Wildman–Crippen LogP) is 4.10. The van der Waals surface area contributed by atoms with E-state index in [0.717, 1.165) is 11.3 Å². The predicted molar refractivity (Wildman–Crippen MR) is 131 cm³/mol. The smallest absolute Gasteiger partial charge is 0.295 e. The molecule has 3 aromatic carbocycles. The van der Waals surface area contributed by atoms with Crippen LogP contribution >= 0.6 is 0 Å². The number of fused-ring (bicyclic) bond motifs is 1. The molecule has 1 unspecified atom stereocenters. The summed E-state index contributed by atoms with van der Waals surface area (Å²) in [5.41, 5.74) is 2.07. The number of methoxy groups -OCH3 is 2. The van der Waals surface area contributed by atoms with Gasteiger partial charge < -0.3 is 29.0 Å². The molecule has 0 saturated carbocycles. The maximum atomic E-state index is 13.3. The van der Waals surface area contributed by atoms with E-state index < -0.39 is 17.7 Å². The van der Waals surface area contributed by atoms with Crippen molar-refractivity contribution in [3.05, 3.63) is 89.0 Å². The van der Waals surface area contributed by atoms with E-state index in [1.807, 2.05) is 24.3 Å². The molecule has 1 saturated heterocycles. The molecule has 0 radical (unpaired) electrons. The summed E-state index contributed by atoms with van der Waals surface area (Å²) >= 11 is 0. The Labute approximate surface area is 208 Å².